The number of likely N-dealkylation sites (N-methyl/N-ethyl adjacent to an activating group) is 1. The Labute approximate surface area is 238 Å². The van der Waals surface area contributed by atoms with E-state index < -0.39 is 0 Å². The second-order valence-electron chi connectivity index (χ2n) is 9.27. The minimum atomic E-state index is -0.277. The molecule has 1 amide bonds. The number of hydrogen-bond donors (Lipinski definition) is 1. The predicted octanol–water partition coefficient (Wildman–Crippen LogP) is 5.78. The summed E-state index contributed by atoms with van der Waals surface area (Å²) in [6, 6.07) is 17.0. The number of nitrogens with zero attached hydrogens (tertiary/aromatic N) is 4. The topological polar surface area (TPSA) is 100 Å². The van der Waals surface area contributed by atoms with E-state index in [9.17, 15) is 10.1 Å². The molecular weight excluding hydrogens is 526 g/mol. The molecule has 0 aliphatic heterocycles. The molecule has 4 aromatic rings. The maximum atomic E-state index is 12.6. The largest absolute Gasteiger partial charge is 0.492 e. The lowest BCUT2D eigenvalue weighted by molar-refractivity contribution is -0.111. The molecule has 0 fully saturated rings. The van der Waals surface area contributed by atoms with Gasteiger partial charge in [-0.05, 0) is 68.9 Å². The molecule has 4 rings (SSSR count). The van der Waals surface area contributed by atoms with Gasteiger partial charge in [0.15, 0.2) is 0 Å². The number of carbonyl (C=O) groups is 1. The first-order chi connectivity index (χ1) is 19.4. The quantitative estimate of drug-likeness (QED) is 0.234. The highest BCUT2D eigenvalue weighted by molar-refractivity contribution is 6.32. The third-order valence-electron chi connectivity index (χ3n) is 5.98. The van der Waals surface area contributed by atoms with E-state index >= 15 is 0 Å². The van der Waals surface area contributed by atoms with Gasteiger partial charge >= 0.3 is 0 Å². The molecule has 0 saturated carbocycles. The molecule has 204 valence electrons. The van der Waals surface area contributed by atoms with Gasteiger partial charge in [0.25, 0.3) is 0 Å². The molecule has 0 radical (unpaired) electrons. The number of anilines is 1. The van der Waals surface area contributed by atoms with Crippen molar-refractivity contribution in [1.29, 1.82) is 5.26 Å². The highest BCUT2D eigenvalue weighted by Gasteiger charge is 2.16. The van der Waals surface area contributed by atoms with E-state index in [4.69, 9.17) is 21.1 Å². The summed E-state index contributed by atoms with van der Waals surface area (Å²) in [7, 11) is 3.85. The normalized spacial score (nSPS) is 11.1. The van der Waals surface area contributed by atoms with Crippen LogP contribution in [0.1, 0.15) is 29.3 Å². The third-order valence-corrected chi connectivity index (χ3v) is 6.27. The Morgan fingerprint density at radius 1 is 1.12 bits per heavy atom. The number of hydrogen-bond acceptors (Lipinski definition) is 7. The standard InChI is InChI=1S/C31H30ClN5O3/c1-4-39-30-17-27-25(16-28(30)36-31(38)9-7-13-37(2)3)24(22(18-33)19-35-27)14-21-10-11-29(26(32)15-21)40-20-23-8-5-6-12-34-23/h5-12,15-17,19H,4,13-14,20H2,1-3H3,(H,36,38)/b9-7+. The fourth-order valence-electron chi connectivity index (χ4n) is 4.09. The number of nitriles is 1. The van der Waals surface area contributed by atoms with E-state index in [2.05, 4.69) is 21.4 Å². The smallest absolute Gasteiger partial charge is 0.248 e. The number of aromatic nitrogens is 2. The molecule has 0 saturated heterocycles. The van der Waals surface area contributed by atoms with Crippen LogP contribution in [0.15, 0.2) is 73.1 Å². The van der Waals surface area contributed by atoms with Gasteiger partial charge in [0.1, 0.15) is 24.2 Å². The van der Waals surface area contributed by atoms with E-state index in [0.717, 1.165) is 22.2 Å². The minimum Gasteiger partial charge on any atom is -0.492 e. The Hall–Kier alpha value is -4.45. The van der Waals surface area contributed by atoms with E-state index in [0.29, 0.717) is 59.5 Å². The van der Waals surface area contributed by atoms with Crippen LogP contribution in [0.5, 0.6) is 11.5 Å². The van der Waals surface area contributed by atoms with Crippen LogP contribution >= 0.6 is 11.6 Å². The third kappa shape index (κ3) is 7.35. The van der Waals surface area contributed by atoms with Crippen LogP contribution in [-0.4, -0.2) is 48.0 Å². The molecule has 1 N–H and O–H groups in total. The predicted molar refractivity (Wildman–Crippen MR) is 157 cm³/mol. The highest BCUT2D eigenvalue weighted by atomic mass is 35.5. The molecule has 0 aliphatic carbocycles. The highest BCUT2D eigenvalue weighted by Crippen LogP contribution is 2.34. The van der Waals surface area contributed by atoms with Gasteiger partial charge in [-0.25, -0.2) is 0 Å². The van der Waals surface area contributed by atoms with Crippen molar-refractivity contribution in [1.82, 2.24) is 14.9 Å². The summed E-state index contributed by atoms with van der Waals surface area (Å²) in [5.41, 5.74) is 4.06. The van der Waals surface area contributed by atoms with Crippen LogP contribution in [0.2, 0.25) is 5.02 Å². The molecule has 0 spiro atoms. The summed E-state index contributed by atoms with van der Waals surface area (Å²) in [4.78, 5) is 23.3. The molecular formula is C31H30ClN5O3. The summed E-state index contributed by atoms with van der Waals surface area (Å²) >= 11 is 6.56. The fraction of sp³-hybridized carbons (Fsp3) is 0.226. The van der Waals surface area contributed by atoms with Gasteiger partial charge in [-0.15, -0.1) is 0 Å². The summed E-state index contributed by atoms with van der Waals surface area (Å²) in [5, 5.41) is 14.0. The lowest BCUT2D eigenvalue weighted by Crippen LogP contribution is -2.13. The zero-order valence-electron chi connectivity index (χ0n) is 22.6. The van der Waals surface area contributed by atoms with Gasteiger partial charge in [0.2, 0.25) is 5.91 Å². The Morgan fingerprint density at radius 2 is 1.98 bits per heavy atom. The minimum absolute atomic E-state index is 0.277. The average molecular weight is 556 g/mol. The van der Waals surface area contributed by atoms with Crippen LogP contribution in [0, 0.1) is 11.3 Å². The maximum absolute atomic E-state index is 12.6. The summed E-state index contributed by atoms with van der Waals surface area (Å²) in [6.45, 7) is 3.23. The van der Waals surface area contributed by atoms with Crippen molar-refractivity contribution in [3.8, 4) is 17.6 Å². The first-order valence-electron chi connectivity index (χ1n) is 12.8. The molecule has 2 aromatic carbocycles. The zero-order chi connectivity index (χ0) is 28.5. The molecule has 8 nitrogen and oxygen atoms in total. The van der Waals surface area contributed by atoms with Crippen LogP contribution in [0.4, 0.5) is 5.69 Å². The number of carbonyl (C=O) groups excluding carboxylic acids is 1. The van der Waals surface area contributed by atoms with Crippen LogP contribution in [-0.2, 0) is 17.8 Å². The number of rotatable bonds is 11. The van der Waals surface area contributed by atoms with Gasteiger partial charge in [0.05, 0.1) is 34.1 Å². The average Bonchev–Trinajstić information content (AvgIpc) is 2.94. The van der Waals surface area contributed by atoms with E-state index in [-0.39, 0.29) is 5.91 Å². The number of fused-ring (bicyclic) bond motifs is 1. The second kappa shape index (κ2) is 13.6. The number of amides is 1. The first kappa shape index (κ1) is 28.6. The molecule has 9 heteroatoms. The van der Waals surface area contributed by atoms with Crippen molar-refractivity contribution >= 4 is 34.1 Å². The van der Waals surface area contributed by atoms with Crippen LogP contribution in [0.3, 0.4) is 0 Å². The number of nitrogens with one attached hydrogen (secondary N) is 1. The van der Waals surface area contributed by atoms with Gasteiger partial charge < -0.3 is 19.7 Å². The Balaban J connectivity index is 1.64. The van der Waals surface area contributed by atoms with Crippen molar-refractivity contribution < 1.29 is 14.3 Å². The SMILES string of the molecule is CCOc1cc2ncc(C#N)c(Cc3ccc(OCc4ccccn4)c(Cl)c3)c2cc1NC(=O)/C=C/CN(C)C. The van der Waals surface area contributed by atoms with Crippen molar-refractivity contribution in [3.63, 3.8) is 0 Å². The van der Waals surface area contributed by atoms with Crippen molar-refractivity contribution in [2.24, 2.45) is 0 Å². The lowest BCUT2D eigenvalue weighted by Gasteiger charge is -2.15. The summed E-state index contributed by atoms with van der Waals surface area (Å²) < 4.78 is 11.7. The number of pyridine rings is 2. The Kier molecular flexibility index (Phi) is 9.68. The molecule has 2 heterocycles. The molecule has 2 aromatic heterocycles. The summed E-state index contributed by atoms with van der Waals surface area (Å²) in [6.07, 6.45) is 6.97. The molecule has 0 atom stereocenters. The number of ether oxygens (including phenoxy) is 2. The fourth-order valence-corrected chi connectivity index (χ4v) is 4.35. The Bertz CT molecular complexity index is 1570. The number of benzene rings is 2. The summed E-state index contributed by atoms with van der Waals surface area (Å²) in [5.74, 6) is 0.774. The van der Waals surface area contributed by atoms with Crippen molar-refractivity contribution in [2.75, 3.05) is 32.6 Å². The number of halogens is 1. The van der Waals surface area contributed by atoms with Crippen molar-refractivity contribution in [2.45, 2.75) is 20.0 Å². The van der Waals surface area contributed by atoms with Gasteiger partial charge in [-0.1, -0.05) is 29.8 Å². The van der Waals surface area contributed by atoms with Gasteiger partial charge in [-0.3, -0.25) is 14.8 Å². The maximum Gasteiger partial charge on any atom is 0.248 e. The monoisotopic (exact) mass is 555 g/mol. The van der Waals surface area contributed by atoms with Crippen LogP contribution in [0.25, 0.3) is 10.9 Å². The van der Waals surface area contributed by atoms with E-state index in [1.807, 2.05) is 68.4 Å². The lowest BCUT2D eigenvalue weighted by atomic mass is 9.96. The molecule has 0 aliphatic rings. The van der Waals surface area contributed by atoms with E-state index in [1.54, 1.807) is 24.5 Å². The second-order valence-corrected chi connectivity index (χ2v) is 9.67. The molecule has 0 bridgehead atoms. The Morgan fingerprint density at radius 3 is 2.67 bits per heavy atom. The van der Waals surface area contributed by atoms with Gasteiger partial charge in [-0.2, -0.15) is 5.26 Å². The molecule has 40 heavy (non-hydrogen) atoms. The molecule has 0 unspecified atom stereocenters. The van der Waals surface area contributed by atoms with Crippen molar-refractivity contribution in [3.05, 3.63) is 100 Å². The zero-order valence-corrected chi connectivity index (χ0v) is 23.4. The van der Waals surface area contributed by atoms with Gasteiger partial charge in [0, 0.05) is 36.5 Å². The van der Waals surface area contributed by atoms with E-state index in [1.165, 1.54) is 6.08 Å². The first-order valence-corrected chi connectivity index (χ1v) is 13.2. The van der Waals surface area contributed by atoms with Crippen LogP contribution < -0.4 is 14.8 Å².